The third-order valence-electron chi connectivity index (χ3n) is 2.90. The lowest BCUT2D eigenvalue weighted by Gasteiger charge is -2.13. The molecule has 23 heavy (non-hydrogen) atoms. The molecule has 0 fully saturated rings. The molecule has 0 bridgehead atoms. The number of hydrogen-bond donors (Lipinski definition) is 2. The van der Waals surface area contributed by atoms with Gasteiger partial charge >= 0.3 is 6.18 Å². The Morgan fingerprint density at radius 1 is 1.17 bits per heavy atom. The Balaban J connectivity index is 0.00000484. The summed E-state index contributed by atoms with van der Waals surface area (Å²) in [6, 6.07) is 2.95. The van der Waals surface area contributed by atoms with E-state index in [9.17, 15) is 21.6 Å². The molecule has 0 amide bonds. The van der Waals surface area contributed by atoms with E-state index >= 15 is 0 Å². The van der Waals surface area contributed by atoms with E-state index in [1.165, 1.54) is 6.92 Å². The molecule has 0 heterocycles. The number of methoxy groups -OCH3 is 1. The minimum atomic E-state index is -4.59. The molecular weight excluding hydrogens is 357 g/mol. The van der Waals surface area contributed by atoms with E-state index in [1.807, 2.05) is 0 Å². The summed E-state index contributed by atoms with van der Waals surface area (Å²) < 4.78 is 69.4. The Bertz CT molecular complexity index is 595. The number of benzene rings is 1. The second kappa shape index (κ2) is 9.43. The molecule has 5 nitrogen and oxygen atoms in total. The molecule has 1 aromatic rings. The molecule has 0 atom stereocenters. The maximum Gasteiger partial charge on any atom is 0.416 e. The summed E-state index contributed by atoms with van der Waals surface area (Å²) in [6.45, 7) is 2.74. The van der Waals surface area contributed by atoms with Gasteiger partial charge in [0.05, 0.1) is 17.1 Å². The van der Waals surface area contributed by atoms with E-state index in [1.54, 1.807) is 7.11 Å². The molecule has 0 saturated carbocycles. The molecule has 2 N–H and O–H groups in total. The third-order valence-corrected chi connectivity index (χ3v) is 4.36. The number of rotatable bonds is 8. The predicted molar refractivity (Wildman–Crippen MR) is 83.4 cm³/mol. The molecule has 0 aliphatic carbocycles. The third kappa shape index (κ3) is 7.05. The van der Waals surface area contributed by atoms with Crippen LogP contribution in [0.2, 0.25) is 0 Å². The lowest BCUT2D eigenvalue weighted by molar-refractivity contribution is -0.138. The monoisotopic (exact) mass is 376 g/mol. The fourth-order valence-corrected chi connectivity index (χ4v) is 2.79. The number of alkyl halides is 3. The summed E-state index contributed by atoms with van der Waals surface area (Å²) in [5.41, 5.74) is -0.971. The molecular formula is C13H20ClF3N2O3S. The highest BCUT2D eigenvalue weighted by Gasteiger charge is 2.33. The molecule has 0 spiro atoms. The second-order valence-corrected chi connectivity index (χ2v) is 6.38. The van der Waals surface area contributed by atoms with Gasteiger partial charge < -0.3 is 10.1 Å². The van der Waals surface area contributed by atoms with Crippen LogP contribution in [-0.4, -0.2) is 41.8 Å². The molecule has 0 aromatic heterocycles. The summed E-state index contributed by atoms with van der Waals surface area (Å²) in [7, 11) is -2.43. The van der Waals surface area contributed by atoms with Crippen molar-refractivity contribution in [2.75, 3.05) is 33.4 Å². The first-order valence-electron chi connectivity index (χ1n) is 6.55. The van der Waals surface area contributed by atoms with Crippen molar-refractivity contribution in [2.24, 2.45) is 0 Å². The highest BCUT2D eigenvalue weighted by atomic mass is 35.5. The van der Waals surface area contributed by atoms with Gasteiger partial charge in [-0.15, -0.1) is 12.4 Å². The van der Waals surface area contributed by atoms with Gasteiger partial charge in [-0.3, -0.25) is 0 Å². The van der Waals surface area contributed by atoms with E-state index in [2.05, 4.69) is 10.0 Å². The first kappa shape index (κ1) is 22.1. The highest BCUT2D eigenvalue weighted by molar-refractivity contribution is 7.89. The largest absolute Gasteiger partial charge is 0.416 e. The van der Waals surface area contributed by atoms with Crippen LogP contribution in [0.1, 0.15) is 11.1 Å². The van der Waals surface area contributed by atoms with Crippen LogP contribution in [0.3, 0.4) is 0 Å². The quantitative estimate of drug-likeness (QED) is 0.680. The van der Waals surface area contributed by atoms with E-state index in [0.29, 0.717) is 25.8 Å². The molecule has 0 saturated heterocycles. The Hall–Kier alpha value is -0.870. The van der Waals surface area contributed by atoms with Gasteiger partial charge in [0, 0.05) is 26.7 Å². The zero-order valence-corrected chi connectivity index (χ0v) is 14.4. The SMILES string of the molecule is COCCNCCNS(=O)(=O)c1ccc(C)c(C(F)(F)F)c1.Cl. The van der Waals surface area contributed by atoms with Gasteiger partial charge in [0.15, 0.2) is 0 Å². The van der Waals surface area contributed by atoms with Crippen LogP contribution in [0, 0.1) is 6.92 Å². The fourth-order valence-electron chi connectivity index (χ4n) is 1.73. The van der Waals surface area contributed by atoms with Crippen LogP contribution in [0.5, 0.6) is 0 Å². The van der Waals surface area contributed by atoms with Gasteiger partial charge in [0.25, 0.3) is 0 Å². The lowest BCUT2D eigenvalue weighted by Crippen LogP contribution is -2.33. The van der Waals surface area contributed by atoms with Crippen LogP contribution in [0.25, 0.3) is 0 Å². The molecule has 0 aliphatic heterocycles. The summed E-state index contributed by atoms with van der Waals surface area (Å²) >= 11 is 0. The Labute approximate surface area is 140 Å². The van der Waals surface area contributed by atoms with Gasteiger partial charge in [0.1, 0.15) is 0 Å². The summed E-state index contributed by atoms with van der Waals surface area (Å²) in [5.74, 6) is 0. The second-order valence-electron chi connectivity index (χ2n) is 4.62. The first-order chi connectivity index (χ1) is 10.2. The number of sulfonamides is 1. The van der Waals surface area contributed by atoms with Crippen molar-refractivity contribution in [1.82, 2.24) is 10.0 Å². The smallest absolute Gasteiger partial charge is 0.383 e. The van der Waals surface area contributed by atoms with Crippen molar-refractivity contribution in [3.8, 4) is 0 Å². The average molecular weight is 377 g/mol. The van der Waals surface area contributed by atoms with Crippen molar-refractivity contribution < 1.29 is 26.3 Å². The molecule has 134 valence electrons. The zero-order valence-electron chi connectivity index (χ0n) is 12.7. The number of nitrogens with one attached hydrogen (secondary N) is 2. The zero-order chi connectivity index (χ0) is 16.8. The molecule has 0 unspecified atom stereocenters. The van der Waals surface area contributed by atoms with Gasteiger partial charge in [-0.25, -0.2) is 13.1 Å². The summed E-state index contributed by atoms with van der Waals surface area (Å²) in [6.07, 6.45) is -4.59. The normalized spacial score (nSPS) is 12.0. The number of aryl methyl sites for hydroxylation is 1. The van der Waals surface area contributed by atoms with Crippen LogP contribution < -0.4 is 10.0 Å². The molecule has 1 rings (SSSR count). The van der Waals surface area contributed by atoms with Crippen molar-refractivity contribution in [2.45, 2.75) is 18.0 Å². The van der Waals surface area contributed by atoms with Crippen molar-refractivity contribution in [3.05, 3.63) is 29.3 Å². The standard InChI is InChI=1S/C13H19F3N2O3S.ClH/c1-10-3-4-11(9-12(10)13(14,15)16)22(19,20)18-6-5-17-7-8-21-2;/h3-4,9,17-18H,5-8H2,1-2H3;1H. The van der Waals surface area contributed by atoms with Crippen LogP contribution in [-0.2, 0) is 20.9 Å². The minimum absolute atomic E-state index is 0. The Kier molecular flexibility index (Phi) is 9.07. The number of ether oxygens (including phenoxy) is 1. The van der Waals surface area contributed by atoms with E-state index < -0.39 is 26.7 Å². The number of hydrogen-bond acceptors (Lipinski definition) is 4. The maximum atomic E-state index is 12.8. The van der Waals surface area contributed by atoms with Gasteiger partial charge in [0.2, 0.25) is 10.0 Å². The van der Waals surface area contributed by atoms with Gasteiger partial charge in [-0.2, -0.15) is 13.2 Å². The minimum Gasteiger partial charge on any atom is -0.383 e. The van der Waals surface area contributed by atoms with E-state index in [4.69, 9.17) is 4.74 Å². The molecule has 1 aromatic carbocycles. The molecule has 0 radical (unpaired) electrons. The van der Waals surface area contributed by atoms with E-state index in [-0.39, 0.29) is 24.5 Å². The Morgan fingerprint density at radius 3 is 2.39 bits per heavy atom. The topological polar surface area (TPSA) is 67.4 Å². The molecule has 0 aliphatic rings. The fraction of sp³-hybridized carbons (Fsp3) is 0.538. The Morgan fingerprint density at radius 2 is 1.83 bits per heavy atom. The molecule has 10 heteroatoms. The number of halogens is 4. The van der Waals surface area contributed by atoms with Crippen LogP contribution in [0.15, 0.2) is 23.1 Å². The van der Waals surface area contributed by atoms with Crippen molar-refractivity contribution >= 4 is 22.4 Å². The van der Waals surface area contributed by atoms with Gasteiger partial charge in [-0.1, -0.05) is 6.07 Å². The van der Waals surface area contributed by atoms with Crippen LogP contribution in [0.4, 0.5) is 13.2 Å². The average Bonchev–Trinajstić information content (AvgIpc) is 2.41. The first-order valence-corrected chi connectivity index (χ1v) is 8.04. The van der Waals surface area contributed by atoms with Gasteiger partial charge in [-0.05, 0) is 24.6 Å². The highest BCUT2D eigenvalue weighted by Crippen LogP contribution is 2.33. The predicted octanol–water partition coefficient (Wildman–Crippen LogP) is 1.95. The van der Waals surface area contributed by atoms with E-state index in [0.717, 1.165) is 12.1 Å². The van der Waals surface area contributed by atoms with Crippen molar-refractivity contribution in [3.63, 3.8) is 0 Å². The summed E-state index contributed by atoms with van der Waals surface area (Å²) in [4.78, 5) is -0.401. The lowest BCUT2D eigenvalue weighted by atomic mass is 10.1. The van der Waals surface area contributed by atoms with Crippen LogP contribution >= 0.6 is 12.4 Å². The maximum absolute atomic E-state index is 12.8. The summed E-state index contributed by atoms with van der Waals surface area (Å²) in [5, 5.41) is 2.92. The van der Waals surface area contributed by atoms with Crippen molar-refractivity contribution in [1.29, 1.82) is 0 Å².